The summed E-state index contributed by atoms with van der Waals surface area (Å²) in [7, 11) is 1.42. The van der Waals surface area contributed by atoms with Crippen molar-refractivity contribution in [1.29, 1.82) is 0 Å². The molecule has 1 atom stereocenters. The zero-order valence-corrected chi connectivity index (χ0v) is 9.01. The van der Waals surface area contributed by atoms with Crippen LogP contribution in [0.5, 0.6) is 0 Å². The Morgan fingerprint density at radius 1 is 1.57 bits per heavy atom. The van der Waals surface area contributed by atoms with Crippen molar-refractivity contribution in [2.75, 3.05) is 26.7 Å². The van der Waals surface area contributed by atoms with Crippen LogP contribution >= 0.6 is 0 Å². The Bertz CT molecular complexity index is 179. The Morgan fingerprint density at radius 3 is 2.79 bits per heavy atom. The van der Waals surface area contributed by atoms with Crippen molar-refractivity contribution in [2.45, 2.75) is 25.8 Å². The molecule has 1 saturated heterocycles. The molecule has 0 radical (unpaired) electrons. The molecule has 0 bridgehead atoms. The molecule has 1 fully saturated rings. The third-order valence-electron chi connectivity index (χ3n) is 2.73. The second kappa shape index (κ2) is 5.98. The van der Waals surface area contributed by atoms with Gasteiger partial charge in [0, 0.05) is 0 Å². The molecule has 0 aromatic heterocycles. The van der Waals surface area contributed by atoms with Crippen molar-refractivity contribution in [1.82, 2.24) is 10.6 Å². The summed E-state index contributed by atoms with van der Waals surface area (Å²) in [6, 6.07) is -0.185. The highest BCUT2D eigenvalue weighted by atomic mass is 16.5. The van der Waals surface area contributed by atoms with Crippen LogP contribution in [0.3, 0.4) is 0 Å². The predicted molar refractivity (Wildman–Crippen MR) is 55.1 cm³/mol. The van der Waals surface area contributed by atoms with E-state index in [9.17, 15) is 4.79 Å². The van der Waals surface area contributed by atoms with E-state index in [4.69, 9.17) is 0 Å². The highest BCUT2D eigenvalue weighted by Crippen LogP contribution is 2.10. The summed E-state index contributed by atoms with van der Waals surface area (Å²) in [5.74, 6) is 0.516. The second-order valence-corrected chi connectivity index (χ2v) is 3.85. The number of carbonyl (C=O) groups excluding carboxylic acids is 1. The van der Waals surface area contributed by atoms with Crippen LogP contribution in [0.25, 0.3) is 0 Å². The van der Waals surface area contributed by atoms with Gasteiger partial charge in [-0.3, -0.25) is 4.79 Å². The largest absolute Gasteiger partial charge is 0.468 e. The lowest BCUT2D eigenvalue weighted by molar-refractivity contribution is -0.142. The Balaban J connectivity index is 2.15. The van der Waals surface area contributed by atoms with Gasteiger partial charge in [0.1, 0.15) is 6.04 Å². The quantitative estimate of drug-likeness (QED) is 0.634. The molecule has 0 aromatic carbocycles. The van der Waals surface area contributed by atoms with Gasteiger partial charge in [-0.1, -0.05) is 0 Å². The molecule has 2 N–H and O–H groups in total. The van der Waals surface area contributed by atoms with Crippen molar-refractivity contribution in [2.24, 2.45) is 5.92 Å². The van der Waals surface area contributed by atoms with Crippen LogP contribution in [-0.2, 0) is 9.53 Å². The first kappa shape index (κ1) is 11.5. The standard InChI is InChI=1S/C10H20N2O2/c1-8(10(13)14-2)12-7-9-3-5-11-6-4-9/h8-9,11-12H,3-7H2,1-2H3. The Hall–Kier alpha value is -0.610. The third-order valence-corrected chi connectivity index (χ3v) is 2.73. The van der Waals surface area contributed by atoms with Gasteiger partial charge < -0.3 is 15.4 Å². The number of hydrogen-bond donors (Lipinski definition) is 2. The molecule has 1 rings (SSSR count). The first-order chi connectivity index (χ1) is 6.74. The van der Waals surface area contributed by atoms with Crippen molar-refractivity contribution in [3.05, 3.63) is 0 Å². The molecular formula is C10H20N2O2. The summed E-state index contributed by atoms with van der Waals surface area (Å²) in [4.78, 5) is 11.1. The number of ether oxygens (including phenoxy) is 1. The van der Waals surface area contributed by atoms with Crippen LogP contribution in [-0.4, -0.2) is 38.8 Å². The van der Waals surface area contributed by atoms with Crippen LogP contribution in [0.4, 0.5) is 0 Å². The number of methoxy groups -OCH3 is 1. The summed E-state index contributed by atoms with van der Waals surface area (Å²) in [5.41, 5.74) is 0. The SMILES string of the molecule is COC(=O)C(C)NCC1CCNCC1. The lowest BCUT2D eigenvalue weighted by Gasteiger charge is -2.24. The molecule has 4 heteroatoms. The summed E-state index contributed by atoms with van der Waals surface area (Å²) in [5, 5.41) is 6.52. The third kappa shape index (κ3) is 3.64. The van der Waals surface area contributed by atoms with Crippen molar-refractivity contribution < 1.29 is 9.53 Å². The summed E-state index contributed by atoms with van der Waals surface area (Å²) in [6.45, 7) is 4.95. The molecule has 14 heavy (non-hydrogen) atoms. The number of rotatable bonds is 4. The van der Waals surface area contributed by atoms with E-state index in [1.54, 1.807) is 0 Å². The summed E-state index contributed by atoms with van der Waals surface area (Å²) >= 11 is 0. The molecule has 1 aliphatic rings. The van der Waals surface area contributed by atoms with E-state index in [0.29, 0.717) is 5.92 Å². The Morgan fingerprint density at radius 2 is 2.21 bits per heavy atom. The molecule has 1 unspecified atom stereocenters. The second-order valence-electron chi connectivity index (χ2n) is 3.85. The lowest BCUT2D eigenvalue weighted by Crippen LogP contribution is -2.40. The van der Waals surface area contributed by atoms with Gasteiger partial charge >= 0.3 is 5.97 Å². The smallest absolute Gasteiger partial charge is 0.322 e. The van der Waals surface area contributed by atoms with E-state index in [2.05, 4.69) is 15.4 Å². The van der Waals surface area contributed by atoms with E-state index in [1.165, 1.54) is 20.0 Å². The zero-order chi connectivity index (χ0) is 10.4. The maximum absolute atomic E-state index is 11.1. The number of carbonyl (C=O) groups is 1. The Labute approximate surface area is 85.4 Å². The molecule has 0 spiro atoms. The van der Waals surface area contributed by atoms with E-state index in [-0.39, 0.29) is 12.0 Å². The monoisotopic (exact) mass is 200 g/mol. The van der Waals surface area contributed by atoms with Gasteiger partial charge in [0.25, 0.3) is 0 Å². The first-order valence-corrected chi connectivity index (χ1v) is 5.26. The molecule has 0 aliphatic carbocycles. The summed E-state index contributed by atoms with van der Waals surface area (Å²) in [6.07, 6.45) is 2.39. The zero-order valence-electron chi connectivity index (χ0n) is 9.01. The van der Waals surface area contributed by atoms with Gasteiger partial charge in [-0.15, -0.1) is 0 Å². The average Bonchev–Trinajstić information content (AvgIpc) is 2.26. The van der Waals surface area contributed by atoms with Crippen molar-refractivity contribution in [3.8, 4) is 0 Å². The fourth-order valence-corrected chi connectivity index (χ4v) is 1.69. The minimum absolute atomic E-state index is 0.182. The number of piperidine rings is 1. The van der Waals surface area contributed by atoms with Gasteiger partial charge in [0.2, 0.25) is 0 Å². The predicted octanol–water partition coefficient (Wildman–Crippen LogP) is 0.137. The number of hydrogen-bond acceptors (Lipinski definition) is 4. The lowest BCUT2D eigenvalue weighted by atomic mass is 9.98. The molecule has 82 valence electrons. The molecule has 0 saturated carbocycles. The van der Waals surface area contributed by atoms with E-state index in [0.717, 1.165) is 19.6 Å². The highest BCUT2D eigenvalue weighted by molar-refractivity contribution is 5.75. The van der Waals surface area contributed by atoms with Crippen LogP contribution in [0.1, 0.15) is 19.8 Å². The molecule has 1 aliphatic heterocycles. The molecule has 0 aromatic rings. The maximum atomic E-state index is 11.1. The first-order valence-electron chi connectivity index (χ1n) is 5.26. The van der Waals surface area contributed by atoms with Gasteiger partial charge in [0.05, 0.1) is 7.11 Å². The van der Waals surface area contributed by atoms with Crippen LogP contribution in [0, 0.1) is 5.92 Å². The molecule has 1 heterocycles. The molecule has 4 nitrogen and oxygen atoms in total. The normalized spacial score (nSPS) is 20.4. The highest BCUT2D eigenvalue weighted by Gasteiger charge is 2.16. The minimum Gasteiger partial charge on any atom is -0.468 e. The fraction of sp³-hybridized carbons (Fsp3) is 0.900. The van der Waals surface area contributed by atoms with Gasteiger partial charge in [-0.25, -0.2) is 0 Å². The van der Waals surface area contributed by atoms with E-state index >= 15 is 0 Å². The van der Waals surface area contributed by atoms with Crippen LogP contribution < -0.4 is 10.6 Å². The van der Waals surface area contributed by atoms with E-state index < -0.39 is 0 Å². The average molecular weight is 200 g/mol. The summed E-state index contributed by atoms with van der Waals surface area (Å²) < 4.78 is 4.64. The van der Waals surface area contributed by atoms with Crippen molar-refractivity contribution >= 4 is 5.97 Å². The maximum Gasteiger partial charge on any atom is 0.322 e. The topological polar surface area (TPSA) is 50.4 Å². The minimum atomic E-state index is -0.185. The van der Waals surface area contributed by atoms with Gasteiger partial charge in [-0.2, -0.15) is 0 Å². The van der Waals surface area contributed by atoms with Gasteiger partial charge in [0.15, 0.2) is 0 Å². The Kier molecular flexibility index (Phi) is 4.90. The number of nitrogens with one attached hydrogen (secondary N) is 2. The van der Waals surface area contributed by atoms with Crippen molar-refractivity contribution in [3.63, 3.8) is 0 Å². The molecular weight excluding hydrogens is 180 g/mol. The van der Waals surface area contributed by atoms with Crippen LogP contribution in [0.2, 0.25) is 0 Å². The van der Waals surface area contributed by atoms with Gasteiger partial charge in [-0.05, 0) is 45.3 Å². The van der Waals surface area contributed by atoms with Crippen LogP contribution in [0.15, 0.2) is 0 Å². The number of esters is 1. The van der Waals surface area contributed by atoms with E-state index in [1.807, 2.05) is 6.92 Å². The fourth-order valence-electron chi connectivity index (χ4n) is 1.69. The molecule has 0 amide bonds.